The van der Waals surface area contributed by atoms with E-state index in [-0.39, 0.29) is 11.9 Å². The molecule has 6 heteroatoms. The molecule has 1 atom stereocenters. The van der Waals surface area contributed by atoms with Gasteiger partial charge in [0.2, 0.25) is 0 Å². The lowest BCUT2D eigenvalue weighted by molar-refractivity contribution is 0.0667. The molecular weight excluding hydrogens is 274 g/mol. The van der Waals surface area contributed by atoms with Crippen LogP contribution in [0.3, 0.4) is 0 Å². The van der Waals surface area contributed by atoms with E-state index in [0.717, 1.165) is 29.2 Å². The van der Waals surface area contributed by atoms with Crippen molar-refractivity contribution >= 4 is 17.7 Å². The van der Waals surface area contributed by atoms with Crippen LogP contribution in [0.25, 0.3) is 0 Å². The molecule has 2 aromatic rings. The molecule has 3 rings (SSSR count). The van der Waals surface area contributed by atoms with Crippen LogP contribution in [0, 0.1) is 6.92 Å². The largest absolute Gasteiger partial charge is 0.459 e. The van der Waals surface area contributed by atoms with Gasteiger partial charge in [-0.25, -0.2) is 0 Å². The minimum Gasteiger partial charge on any atom is -0.459 e. The first-order valence-corrected chi connectivity index (χ1v) is 7.73. The minimum atomic E-state index is -0.0262. The van der Waals surface area contributed by atoms with Gasteiger partial charge in [0.1, 0.15) is 0 Å². The second-order valence-corrected chi connectivity index (χ2v) is 6.12. The first-order chi connectivity index (χ1) is 9.66. The normalized spacial score (nSPS) is 19.3. The van der Waals surface area contributed by atoms with E-state index in [9.17, 15) is 4.79 Å². The monoisotopic (exact) mass is 291 g/mol. The Labute approximate surface area is 121 Å². The molecule has 0 aromatic carbocycles. The van der Waals surface area contributed by atoms with E-state index in [1.807, 2.05) is 49.1 Å². The average molecular weight is 291 g/mol. The predicted molar refractivity (Wildman–Crippen MR) is 77.8 cm³/mol. The molecule has 1 aliphatic rings. The van der Waals surface area contributed by atoms with E-state index in [2.05, 4.69) is 5.10 Å². The smallest absolute Gasteiger partial charge is 0.290 e. The number of hydrogen-bond acceptors (Lipinski definition) is 4. The van der Waals surface area contributed by atoms with Crippen LogP contribution in [0.15, 0.2) is 29.1 Å². The molecule has 20 heavy (non-hydrogen) atoms. The van der Waals surface area contributed by atoms with Gasteiger partial charge in [-0.1, -0.05) is 0 Å². The van der Waals surface area contributed by atoms with Crippen LogP contribution >= 0.6 is 11.8 Å². The number of nitrogens with zero attached hydrogens (tertiary/aromatic N) is 3. The maximum Gasteiger partial charge on any atom is 0.290 e. The third-order valence-corrected chi connectivity index (χ3v) is 4.58. The molecule has 1 amide bonds. The van der Waals surface area contributed by atoms with Gasteiger partial charge in [-0.15, -0.1) is 0 Å². The fraction of sp³-hybridized carbons (Fsp3) is 0.429. The Hall–Kier alpha value is -1.69. The lowest BCUT2D eigenvalue weighted by Crippen LogP contribution is -2.40. The van der Waals surface area contributed by atoms with Crippen molar-refractivity contribution in [1.29, 1.82) is 0 Å². The molecule has 0 radical (unpaired) electrons. The molecule has 2 aromatic heterocycles. The van der Waals surface area contributed by atoms with Crippen molar-refractivity contribution < 1.29 is 9.21 Å². The number of amides is 1. The molecular formula is C14H17N3O2S. The molecule has 5 nitrogen and oxygen atoms in total. The zero-order valence-electron chi connectivity index (χ0n) is 11.6. The Bertz CT molecular complexity index is 619. The fourth-order valence-corrected chi connectivity index (χ4v) is 3.55. The molecule has 0 unspecified atom stereocenters. The summed E-state index contributed by atoms with van der Waals surface area (Å²) in [5.41, 5.74) is 1.97. The number of furan rings is 1. The molecule has 1 aliphatic heterocycles. The molecule has 0 aliphatic carbocycles. The van der Waals surface area contributed by atoms with E-state index in [1.54, 1.807) is 10.9 Å². The Morgan fingerprint density at radius 3 is 3.05 bits per heavy atom. The van der Waals surface area contributed by atoms with Gasteiger partial charge in [-0.3, -0.25) is 9.48 Å². The molecule has 0 N–H and O–H groups in total. The lowest BCUT2D eigenvalue weighted by Gasteiger charge is -2.34. The fourth-order valence-electron chi connectivity index (χ4n) is 2.46. The van der Waals surface area contributed by atoms with Gasteiger partial charge >= 0.3 is 0 Å². The van der Waals surface area contributed by atoms with Gasteiger partial charge in [0.25, 0.3) is 5.91 Å². The molecule has 0 bridgehead atoms. The highest BCUT2D eigenvalue weighted by Crippen LogP contribution is 2.31. The van der Waals surface area contributed by atoms with E-state index < -0.39 is 0 Å². The summed E-state index contributed by atoms with van der Waals surface area (Å²) in [6.45, 7) is 2.64. The third kappa shape index (κ3) is 2.35. The number of thioether (sulfide) groups is 1. The van der Waals surface area contributed by atoms with Gasteiger partial charge in [-0.05, 0) is 13.0 Å². The van der Waals surface area contributed by atoms with Crippen LogP contribution in [0.5, 0.6) is 0 Å². The van der Waals surface area contributed by atoms with Gasteiger partial charge in [0.05, 0.1) is 18.5 Å². The minimum absolute atomic E-state index is 0.0262. The van der Waals surface area contributed by atoms with Crippen LogP contribution < -0.4 is 0 Å². The standard InChI is InChI=1S/C14H17N3O2S/c1-10-3-5-19-13(10)14(18)17-4-6-20-9-12(17)11-7-15-16(2)8-11/h3,5,7-8,12H,4,6,9H2,1-2H3/t12-/m0/s1. The van der Waals surface area contributed by atoms with Crippen LogP contribution in [0.2, 0.25) is 0 Å². The molecule has 106 valence electrons. The number of hydrogen-bond donors (Lipinski definition) is 0. The number of aromatic nitrogens is 2. The number of aryl methyl sites for hydroxylation is 2. The molecule has 0 saturated carbocycles. The number of carbonyl (C=O) groups is 1. The van der Waals surface area contributed by atoms with E-state index in [1.165, 1.54) is 0 Å². The zero-order chi connectivity index (χ0) is 14.1. The first-order valence-electron chi connectivity index (χ1n) is 6.58. The Morgan fingerprint density at radius 2 is 2.40 bits per heavy atom. The third-order valence-electron chi connectivity index (χ3n) is 3.56. The van der Waals surface area contributed by atoms with Crippen LogP contribution in [-0.4, -0.2) is 38.6 Å². The summed E-state index contributed by atoms with van der Waals surface area (Å²) in [6, 6.07) is 1.89. The average Bonchev–Trinajstić information content (AvgIpc) is 3.07. The lowest BCUT2D eigenvalue weighted by atomic mass is 10.1. The second-order valence-electron chi connectivity index (χ2n) is 4.97. The van der Waals surface area contributed by atoms with Crippen molar-refractivity contribution in [2.45, 2.75) is 13.0 Å². The van der Waals surface area contributed by atoms with Crippen LogP contribution in [-0.2, 0) is 7.05 Å². The van der Waals surface area contributed by atoms with Gasteiger partial charge in [0, 0.05) is 42.4 Å². The van der Waals surface area contributed by atoms with E-state index in [4.69, 9.17) is 4.42 Å². The van der Waals surface area contributed by atoms with Crippen LogP contribution in [0.1, 0.15) is 27.7 Å². The van der Waals surface area contributed by atoms with Crippen molar-refractivity contribution in [2.24, 2.45) is 7.05 Å². The topological polar surface area (TPSA) is 51.3 Å². The summed E-state index contributed by atoms with van der Waals surface area (Å²) >= 11 is 1.87. The summed E-state index contributed by atoms with van der Waals surface area (Å²) in [7, 11) is 1.89. The molecule has 3 heterocycles. The molecule has 1 fully saturated rings. The van der Waals surface area contributed by atoms with Gasteiger partial charge in [-0.2, -0.15) is 16.9 Å². The Morgan fingerprint density at radius 1 is 1.55 bits per heavy atom. The number of rotatable bonds is 2. The van der Waals surface area contributed by atoms with Crippen molar-refractivity contribution in [3.63, 3.8) is 0 Å². The predicted octanol–water partition coefficient (Wildman–Crippen LogP) is 2.25. The van der Waals surface area contributed by atoms with Crippen molar-refractivity contribution in [3.8, 4) is 0 Å². The second kappa shape index (κ2) is 5.36. The maximum absolute atomic E-state index is 12.7. The van der Waals surface area contributed by atoms with E-state index in [0.29, 0.717) is 5.76 Å². The molecule has 0 spiro atoms. The summed E-state index contributed by atoms with van der Waals surface area (Å²) < 4.78 is 7.12. The van der Waals surface area contributed by atoms with Crippen LogP contribution in [0.4, 0.5) is 0 Å². The van der Waals surface area contributed by atoms with Gasteiger partial charge in [0.15, 0.2) is 5.76 Å². The van der Waals surface area contributed by atoms with Crippen molar-refractivity contribution in [3.05, 3.63) is 41.6 Å². The molecule has 1 saturated heterocycles. The summed E-state index contributed by atoms with van der Waals surface area (Å²) in [4.78, 5) is 14.6. The quantitative estimate of drug-likeness (QED) is 0.851. The summed E-state index contributed by atoms with van der Waals surface area (Å²) in [6.07, 6.45) is 5.39. The van der Waals surface area contributed by atoms with Crippen molar-refractivity contribution in [2.75, 3.05) is 18.1 Å². The zero-order valence-corrected chi connectivity index (χ0v) is 12.4. The number of carbonyl (C=O) groups excluding carboxylic acids is 1. The first kappa shape index (κ1) is 13.3. The Kier molecular flexibility index (Phi) is 3.56. The highest BCUT2D eigenvalue weighted by molar-refractivity contribution is 7.99. The summed E-state index contributed by atoms with van der Waals surface area (Å²) in [5.74, 6) is 2.28. The highest BCUT2D eigenvalue weighted by Gasteiger charge is 2.31. The maximum atomic E-state index is 12.7. The van der Waals surface area contributed by atoms with E-state index >= 15 is 0 Å². The SMILES string of the molecule is Cc1ccoc1C(=O)N1CCSC[C@H]1c1cnn(C)c1. The summed E-state index contributed by atoms with van der Waals surface area (Å²) in [5, 5.41) is 4.21. The van der Waals surface area contributed by atoms with Gasteiger partial charge < -0.3 is 9.32 Å². The highest BCUT2D eigenvalue weighted by atomic mass is 32.2. The Balaban J connectivity index is 1.89. The van der Waals surface area contributed by atoms with Crippen molar-refractivity contribution in [1.82, 2.24) is 14.7 Å².